The highest BCUT2D eigenvalue weighted by atomic mass is 16.5. The Balaban J connectivity index is 1.64. The number of pyridine rings is 1. The Morgan fingerprint density at radius 3 is 2.58 bits per heavy atom. The lowest BCUT2D eigenvalue weighted by Gasteiger charge is -2.15. The van der Waals surface area contributed by atoms with Gasteiger partial charge in [-0.2, -0.15) is 5.26 Å². The van der Waals surface area contributed by atoms with Gasteiger partial charge in [0, 0.05) is 17.4 Å². The highest BCUT2D eigenvalue weighted by molar-refractivity contribution is 5.87. The van der Waals surface area contributed by atoms with E-state index in [4.69, 9.17) is 15.0 Å². The third-order valence-electron chi connectivity index (χ3n) is 5.57. The van der Waals surface area contributed by atoms with E-state index in [0.29, 0.717) is 17.9 Å². The monoisotopic (exact) mass is 405 g/mol. The summed E-state index contributed by atoms with van der Waals surface area (Å²) in [4.78, 5) is 4.75. The zero-order valence-electron chi connectivity index (χ0n) is 17.2. The summed E-state index contributed by atoms with van der Waals surface area (Å²) < 4.78 is 7.47. The topological polar surface area (TPSA) is 76.6 Å². The van der Waals surface area contributed by atoms with Gasteiger partial charge in [0.05, 0.1) is 35.5 Å². The van der Waals surface area contributed by atoms with Gasteiger partial charge in [0.15, 0.2) is 0 Å². The molecule has 0 saturated heterocycles. The van der Waals surface area contributed by atoms with Crippen molar-refractivity contribution in [3.63, 3.8) is 0 Å². The fraction of sp³-hybridized carbons (Fsp3) is 0.120. The van der Waals surface area contributed by atoms with Gasteiger partial charge in [-0.3, -0.25) is 0 Å². The summed E-state index contributed by atoms with van der Waals surface area (Å²) in [5.41, 5.74) is 7.49. The summed E-state index contributed by atoms with van der Waals surface area (Å²) in [5, 5.41) is 18.7. The number of rotatable bonds is 4. The van der Waals surface area contributed by atoms with E-state index < -0.39 is 0 Å². The maximum Gasteiger partial charge on any atom is 0.217 e. The highest BCUT2D eigenvalue weighted by Crippen LogP contribution is 2.31. The third kappa shape index (κ3) is 3.26. The van der Waals surface area contributed by atoms with Crippen molar-refractivity contribution in [2.45, 2.75) is 13.3 Å². The van der Waals surface area contributed by atoms with Gasteiger partial charge < -0.3 is 4.74 Å². The second-order valence-corrected chi connectivity index (χ2v) is 7.40. The third-order valence-corrected chi connectivity index (χ3v) is 5.57. The molecule has 0 saturated carbocycles. The van der Waals surface area contributed by atoms with Crippen LogP contribution >= 0.6 is 0 Å². The standard InChI is InChI=1S/C25H19N5O/c1-16-20-14-19(30-24-6-4-3-5-23(24)28-29-30)11-12-22(20)27-25(31-2)21(16)13-17-7-9-18(15-26)10-8-17/h3-12,14H,13H2,1-2H3. The first-order valence-electron chi connectivity index (χ1n) is 9.95. The van der Waals surface area contributed by atoms with Crippen LogP contribution in [-0.4, -0.2) is 27.1 Å². The van der Waals surface area contributed by atoms with E-state index in [1.54, 1.807) is 7.11 Å². The molecule has 0 aliphatic heterocycles. The SMILES string of the molecule is COc1nc2ccc(-n3nnc4ccccc43)cc2c(C)c1Cc1ccc(C#N)cc1. The van der Waals surface area contributed by atoms with Crippen LogP contribution in [0.25, 0.3) is 27.6 Å². The number of fused-ring (bicyclic) bond motifs is 2. The molecule has 0 amide bonds. The van der Waals surface area contributed by atoms with Gasteiger partial charge >= 0.3 is 0 Å². The number of ether oxygens (including phenoxy) is 1. The van der Waals surface area contributed by atoms with Crippen molar-refractivity contribution in [1.82, 2.24) is 20.0 Å². The van der Waals surface area contributed by atoms with Gasteiger partial charge in [-0.15, -0.1) is 5.10 Å². The summed E-state index contributed by atoms with van der Waals surface area (Å²) in [6, 6.07) is 23.7. The Labute approximate surface area is 179 Å². The second kappa shape index (κ2) is 7.54. The maximum atomic E-state index is 9.04. The zero-order valence-corrected chi connectivity index (χ0v) is 17.2. The van der Waals surface area contributed by atoms with Crippen LogP contribution in [0.2, 0.25) is 0 Å². The van der Waals surface area contributed by atoms with Crippen LogP contribution in [0.15, 0.2) is 66.7 Å². The Morgan fingerprint density at radius 2 is 1.81 bits per heavy atom. The van der Waals surface area contributed by atoms with Crippen molar-refractivity contribution in [3.05, 3.63) is 89.0 Å². The molecule has 31 heavy (non-hydrogen) atoms. The molecule has 0 fully saturated rings. The molecule has 0 spiro atoms. The number of aryl methyl sites for hydroxylation is 1. The second-order valence-electron chi connectivity index (χ2n) is 7.40. The maximum absolute atomic E-state index is 9.04. The molecule has 6 heteroatoms. The van der Waals surface area contributed by atoms with Crippen LogP contribution < -0.4 is 4.74 Å². The van der Waals surface area contributed by atoms with Gasteiger partial charge in [-0.05, 0) is 60.5 Å². The number of methoxy groups -OCH3 is 1. The van der Waals surface area contributed by atoms with E-state index in [9.17, 15) is 0 Å². The summed E-state index contributed by atoms with van der Waals surface area (Å²) in [5.74, 6) is 0.619. The number of para-hydroxylation sites is 1. The zero-order chi connectivity index (χ0) is 21.4. The molecule has 5 aromatic rings. The minimum absolute atomic E-state index is 0.619. The fourth-order valence-corrected chi connectivity index (χ4v) is 3.89. The van der Waals surface area contributed by atoms with E-state index in [2.05, 4.69) is 29.4 Å². The molecular weight excluding hydrogens is 386 g/mol. The molecule has 0 atom stereocenters. The van der Waals surface area contributed by atoms with E-state index in [1.165, 1.54) is 0 Å². The van der Waals surface area contributed by atoms with Crippen LogP contribution in [0.4, 0.5) is 0 Å². The Morgan fingerprint density at radius 1 is 1.00 bits per heavy atom. The van der Waals surface area contributed by atoms with Gasteiger partial charge in [0.1, 0.15) is 5.52 Å². The first-order valence-corrected chi connectivity index (χ1v) is 9.95. The quantitative estimate of drug-likeness (QED) is 0.431. The van der Waals surface area contributed by atoms with Crippen molar-refractivity contribution in [2.24, 2.45) is 0 Å². The molecule has 0 unspecified atom stereocenters. The van der Waals surface area contributed by atoms with Gasteiger partial charge in [-0.1, -0.05) is 29.5 Å². The first kappa shape index (κ1) is 18.8. The summed E-state index contributed by atoms with van der Waals surface area (Å²) >= 11 is 0. The summed E-state index contributed by atoms with van der Waals surface area (Å²) in [6.45, 7) is 2.09. The van der Waals surface area contributed by atoms with Crippen LogP contribution in [0, 0.1) is 18.3 Å². The lowest BCUT2D eigenvalue weighted by atomic mass is 9.97. The average Bonchev–Trinajstić information content (AvgIpc) is 3.25. The lowest BCUT2D eigenvalue weighted by Crippen LogP contribution is -2.02. The molecular formula is C25H19N5O. The Bertz CT molecular complexity index is 1460. The van der Waals surface area contributed by atoms with E-state index in [-0.39, 0.29) is 0 Å². The van der Waals surface area contributed by atoms with Crippen LogP contribution in [0.5, 0.6) is 5.88 Å². The minimum atomic E-state index is 0.619. The first-order chi connectivity index (χ1) is 15.2. The van der Waals surface area contributed by atoms with Crippen LogP contribution in [0.1, 0.15) is 22.3 Å². The molecule has 6 nitrogen and oxygen atoms in total. The smallest absolute Gasteiger partial charge is 0.217 e. The summed E-state index contributed by atoms with van der Waals surface area (Å²) in [7, 11) is 1.64. The fourth-order valence-electron chi connectivity index (χ4n) is 3.89. The van der Waals surface area contributed by atoms with Crippen molar-refractivity contribution in [2.75, 3.05) is 7.11 Å². The normalized spacial score (nSPS) is 11.0. The summed E-state index contributed by atoms with van der Waals surface area (Å²) in [6.07, 6.45) is 0.667. The molecule has 0 aliphatic carbocycles. The molecule has 3 aromatic carbocycles. The molecule has 0 aliphatic rings. The molecule has 2 heterocycles. The van der Waals surface area contributed by atoms with Crippen LogP contribution in [-0.2, 0) is 6.42 Å². The Hall–Kier alpha value is -4.24. The molecule has 0 N–H and O–H groups in total. The van der Waals surface area contributed by atoms with Crippen LogP contribution in [0.3, 0.4) is 0 Å². The minimum Gasteiger partial charge on any atom is -0.481 e. The van der Waals surface area contributed by atoms with Crippen molar-refractivity contribution in [3.8, 4) is 17.6 Å². The van der Waals surface area contributed by atoms with Gasteiger partial charge in [0.25, 0.3) is 0 Å². The molecule has 0 radical (unpaired) electrons. The largest absolute Gasteiger partial charge is 0.481 e. The van der Waals surface area contributed by atoms with E-state index in [0.717, 1.165) is 44.3 Å². The predicted octanol–water partition coefficient (Wildman–Crippen LogP) is 4.75. The molecule has 0 bridgehead atoms. The number of benzene rings is 3. The van der Waals surface area contributed by atoms with Crippen molar-refractivity contribution < 1.29 is 4.74 Å². The van der Waals surface area contributed by atoms with Gasteiger partial charge in [-0.25, -0.2) is 9.67 Å². The van der Waals surface area contributed by atoms with Crippen molar-refractivity contribution in [1.29, 1.82) is 5.26 Å². The average molecular weight is 405 g/mol. The number of nitrogens with zero attached hydrogens (tertiary/aromatic N) is 5. The van der Waals surface area contributed by atoms with E-state index >= 15 is 0 Å². The number of nitriles is 1. The van der Waals surface area contributed by atoms with Crippen molar-refractivity contribution >= 4 is 21.9 Å². The number of hydrogen-bond donors (Lipinski definition) is 0. The number of aromatic nitrogens is 4. The predicted molar refractivity (Wildman–Crippen MR) is 119 cm³/mol. The number of hydrogen-bond acceptors (Lipinski definition) is 5. The molecule has 150 valence electrons. The lowest BCUT2D eigenvalue weighted by molar-refractivity contribution is 0.394. The molecule has 5 rings (SSSR count). The highest BCUT2D eigenvalue weighted by Gasteiger charge is 2.15. The van der Waals surface area contributed by atoms with E-state index in [1.807, 2.05) is 65.3 Å². The Kier molecular flexibility index (Phi) is 4.57. The molecule has 2 aromatic heterocycles. The van der Waals surface area contributed by atoms with Gasteiger partial charge in [0.2, 0.25) is 5.88 Å².